The first-order chi connectivity index (χ1) is 7.07. The molecule has 1 saturated carbocycles. The normalized spacial score (nSPS) is 19.7. The molecule has 15 heavy (non-hydrogen) atoms. The molecule has 0 aliphatic heterocycles. The maximum Gasteiger partial charge on any atom is 0.123 e. The molecule has 0 N–H and O–H groups in total. The molecule has 0 amide bonds. The molecule has 1 unspecified atom stereocenters. The second kappa shape index (κ2) is 3.88. The molecule has 0 radical (unpaired) electrons. The molecule has 1 aromatic rings. The monoisotopic (exact) mass is 244 g/mol. The van der Waals surface area contributed by atoms with Gasteiger partial charge in [-0.1, -0.05) is 18.5 Å². The van der Waals surface area contributed by atoms with Crippen LogP contribution in [0.15, 0.2) is 18.2 Å². The third-order valence-corrected chi connectivity index (χ3v) is 4.11. The number of hydrogen-bond acceptors (Lipinski definition) is 1. The van der Waals surface area contributed by atoms with Crippen LogP contribution in [0.25, 0.3) is 0 Å². The second-order valence-electron chi connectivity index (χ2n) is 4.40. The van der Waals surface area contributed by atoms with Crippen LogP contribution in [0.5, 0.6) is 5.75 Å². The molecule has 1 aliphatic carbocycles. The molecule has 0 saturated heterocycles. The average molecular weight is 245 g/mol. The number of hydrogen-bond donors (Lipinski definition) is 0. The zero-order valence-electron chi connectivity index (χ0n) is 8.89. The van der Waals surface area contributed by atoms with Crippen LogP contribution in [0.1, 0.15) is 30.7 Å². The van der Waals surface area contributed by atoms with Gasteiger partial charge in [-0.05, 0) is 36.5 Å². The second-order valence-corrected chi connectivity index (χ2v) is 5.28. The van der Waals surface area contributed by atoms with E-state index in [0.717, 1.165) is 11.3 Å². The van der Waals surface area contributed by atoms with Gasteiger partial charge in [0, 0.05) is 10.6 Å². The summed E-state index contributed by atoms with van der Waals surface area (Å²) in [5.74, 6) is 0.826. The number of benzene rings is 1. The molecule has 3 heteroatoms. The fourth-order valence-electron chi connectivity index (χ4n) is 1.73. The molecule has 0 aromatic heterocycles. The first kappa shape index (κ1) is 11.1. The maximum atomic E-state index is 6.46. The van der Waals surface area contributed by atoms with E-state index in [0.29, 0.717) is 5.02 Å². The van der Waals surface area contributed by atoms with Gasteiger partial charge in [0.05, 0.1) is 12.5 Å². The summed E-state index contributed by atoms with van der Waals surface area (Å²) in [4.78, 5) is 0. The quantitative estimate of drug-likeness (QED) is 0.716. The molecular weight excluding hydrogens is 231 g/mol. The zero-order chi connectivity index (χ0) is 11.1. The third-order valence-electron chi connectivity index (χ3n) is 3.12. The van der Waals surface area contributed by atoms with Crippen LogP contribution in [0.4, 0.5) is 0 Å². The van der Waals surface area contributed by atoms with Gasteiger partial charge in [-0.15, -0.1) is 11.6 Å². The van der Waals surface area contributed by atoms with Crippen molar-refractivity contribution in [2.75, 3.05) is 7.11 Å². The molecule has 0 heterocycles. The Balaban J connectivity index is 2.36. The number of ether oxygens (including phenoxy) is 1. The lowest BCUT2D eigenvalue weighted by Crippen LogP contribution is -2.05. The molecule has 1 nitrogen and oxygen atoms in total. The van der Waals surface area contributed by atoms with Crippen molar-refractivity contribution in [3.8, 4) is 5.75 Å². The van der Waals surface area contributed by atoms with E-state index in [1.165, 1.54) is 12.8 Å². The Kier molecular flexibility index (Phi) is 2.87. The maximum absolute atomic E-state index is 6.46. The minimum Gasteiger partial charge on any atom is -0.496 e. The van der Waals surface area contributed by atoms with Crippen molar-refractivity contribution in [2.45, 2.75) is 25.1 Å². The van der Waals surface area contributed by atoms with Gasteiger partial charge in [0.1, 0.15) is 5.75 Å². The summed E-state index contributed by atoms with van der Waals surface area (Å²) in [6, 6.07) is 5.60. The topological polar surface area (TPSA) is 9.23 Å². The Bertz CT molecular complexity index is 372. The van der Waals surface area contributed by atoms with E-state index in [-0.39, 0.29) is 10.8 Å². The van der Waals surface area contributed by atoms with E-state index in [1.807, 2.05) is 18.2 Å². The van der Waals surface area contributed by atoms with Gasteiger partial charge >= 0.3 is 0 Å². The Hall–Kier alpha value is -0.400. The van der Waals surface area contributed by atoms with Crippen LogP contribution in [-0.2, 0) is 0 Å². The molecule has 1 atom stereocenters. The minimum absolute atomic E-state index is 0.00819. The number of methoxy groups -OCH3 is 1. The smallest absolute Gasteiger partial charge is 0.123 e. The third kappa shape index (κ3) is 2.09. The minimum atomic E-state index is -0.00819. The van der Waals surface area contributed by atoms with E-state index in [1.54, 1.807) is 7.11 Å². The highest BCUT2D eigenvalue weighted by Gasteiger charge is 2.45. The fraction of sp³-hybridized carbons (Fsp3) is 0.500. The Labute approximate surface area is 100 Å². The van der Waals surface area contributed by atoms with E-state index in [2.05, 4.69) is 6.92 Å². The molecule has 2 rings (SSSR count). The summed E-state index contributed by atoms with van der Waals surface area (Å²) in [7, 11) is 1.66. The van der Waals surface area contributed by atoms with Crippen LogP contribution in [-0.4, -0.2) is 7.11 Å². The van der Waals surface area contributed by atoms with Crippen LogP contribution in [0, 0.1) is 5.41 Å². The van der Waals surface area contributed by atoms with Crippen molar-refractivity contribution in [1.82, 2.24) is 0 Å². The van der Waals surface area contributed by atoms with Gasteiger partial charge in [0.2, 0.25) is 0 Å². The van der Waals surface area contributed by atoms with E-state index in [9.17, 15) is 0 Å². The fourth-order valence-corrected chi connectivity index (χ4v) is 2.30. The molecule has 1 fully saturated rings. The lowest BCUT2D eigenvalue weighted by molar-refractivity contribution is 0.402. The predicted molar refractivity (Wildman–Crippen MR) is 63.9 cm³/mol. The van der Waals surface area contributed by atoms with Crippen molar-refractivity contribution in [2.24, 2.45) is 5.41 Å². The molecule has 1 aliphatic rings. The Morgan fingerprint density at radius 3 is 2.60 bits per heavy atom. The first-order valence-electron chi connectivity index (χ1n) is 5.04. The van der Waals surface area contributed by atoms with Crippen molar-refractivity contribution in [3.05, 3.63) is 28.8 Å². The number of rotatable bonds is 3. The van der Waals surface area contributed by atoms with E-state index in [4.69, 9.17) is 27.9 Å². The van der Waals surface area contributed by atoms with Crippen molar-refractivity contribution < 1.29 is 4.74 Å². The van der Waals surface area contributed by atoms with Crippen molar-refractivity contribution in [1.29, 1.82) is 0 Å². The van der Waals surface area contributed by atoms with Crippen LogP contribution in [0.2, 0.25) is 5.02 Å². The summed E-state index contributed by atoms with van der Waals surface area (Å²) >= 11 is 12.4. The van der Waals surface area contributed by atoms with Gasteiger partial charge in [0.25, 0.3) is 0 Å². The van der Waals surface area contributed by atoms with Gasteiger partial charge in [-0.2, -0.15) is 0 Å². The van der Waals surface area contributed by atoms with E-state index < -0.39 is 0 Å². The zero-order valence-corrected chi connectivity index (χ0v) is 10.4. The largest absolute Gasteiger partial charge is 0.496 e. The van der Waals surface area contributed by atoms with Crippen molar-refractivity contribution >= 4 is 23.2 Å². The number of halogens is 2. The Morgan fingerprint density at radius 2 is 2.07 bits per heavy atom. The highest BCUT2D eigenvalue weighted by molar-refractivity contribution is 6.31. The first-order valence-corrected chi connectivity index (χ1v) is 5.86. The van der Waals surface area contributed by atoms with Crippen LogP contribution >= 0.6 is 23.2 Å². The summed E-state index contributed by atoms with van der Waals surface area (Å²) < 4.78 is 5.30. The lowest BCUT2D eigenvalue weighted by Gasteiger charge is -2.19. The van der Waals surface area contributed by atoms with Crippen LogP contribution < -0.4 is 4.74 Å². The molecular formula is C12H14Cl2O. The SMILES string of the molecule is COc1ccc(Cl)cc1C(Cl)C1(C)CC1. The highest BCUT2D eigenvalue weighted by atomic mass is 35.5. The predicted octanol–water partition coefficient (Wildman–Crippen LogP) is 4.43. The molecule has 1 aromatic carbocycles. The van der Waals surface area contributed by atoms with Crippen molar-refractivity contribution in [3.63, 3.8) is 0 Å². The standard InChI is InChI=1S/C12H14Cl2O/c1-12(5-6-12)11(14)9-7-8(13)3-4-10(9)15-2/h3-4,7,11H,5-6H2,1-2H3. The van der Waals surface area contributed by atoms with Gasteiger partial charge in [-0.25, -0.2) is 0 Å². The molecule has 0 spiro atoms. The summed E-state index contributed by atoms with van der Waals surface area (Å²) in [6.45, 7) is 2.20. The summed E-state index contributed by atoms with van der Waals surface area (Å²) in [5.41, 5.74) is 1.23. The highest BCUT2D eigenvalue weighted by Crippen LogP contribution is 2.58. The average Bonchev–Trinajstić information content (AvgIpc) is 2.96. The Morgan fingerprint density at radius 1 is 1.40 bits per heavy atom. The van der Waals surface area contributed by atoms with E-state index >= 15 is 0 Å². The summed E-state index contributed by atoms with van der Waals surface area (Å²) in [6.07, 6.45) is 2.35. The molecule has 82 valence electrons. The lowest BCUT2D eigenvalue weighted by atomic mass is 9.97. The van der Waals surface area contributed by atoms with Gasteiger partial charge < -0.3 is 4.74 Å². The molecule has 0 bridgehead atoms. The van der Waals surface area contributed by atoms with Gasteiger partial charge in [-0.3, -0.25) is 0 Å². The summed E-state index contributed by atoms with van der Waals surface area (Å²) in [5, 5.41) is 0.701. The number of alkyl halides is 1. The van der Waals surface area contributed by atoms with Gasteiger partial charge in [0.15, 0.2) is 0 Å². The van der Waals surface area contributed by atoms with Crippen LogP contribution in [0.3, 0.4) is 0 Å².